The molecule has 2 amide bonds. The van der Waals surface area contributed by atoms with Crippen molar-refractivity contribution in [2.24, 2.45) is 11.3 Å². The summed E-state index contributed by atoms with van der Waals surface area (Å²) in [5.41, 5.74) is 4.39. The van der Waals surface area contributed by atoms with Crippen molar-refractivity contribution in [3.8, 4) is 11.1 Å². The van der Waals surface area contributed by atoms with Gasteiger partial charge in [0.05, 0.1) is 6.42 Å². The number of carbonyl (C=O) groups excluding carboxylic acids is 2. The average molecular weight is 479 g/mol. The number of hydrogen-bond acceptors (Lipinski definition) is 4. The lowest BCUT2D eigenvalue weighted by atomic mass is 9.87. The molecule has 7 nitrogen and oxygen atoms in total. The van der Waals surface area contributed by atoms with Gasteiger partial charge >= 0.3 is 12.1 Å². The van der Waals surface area contributed by atoms with E-state index in [-0.39, 0.29) is 36.2 Å². The fourth-order valence-electron chi connectivity index (χ4n) is 5.01. The summed E-state index contributed by atoms with van der Waals surface area (Å²) in [6.45, 7) is 6.18. The third-order valence-corrected chi connectivity index (χ3v) is 6.62. The van der Waals surface area contributed by atoms with Gasteiger partial charge in [0.25, 0.3) is 0 Å². The summed E-state index contributed by atoms with van der Waals surface area (Å²) in [5.74, 6) is -1.34. The molecule has 2 aromatic carbocycles. The second kappa shape index (κ2) is 10.1. The van der Waals surface area contributed by atoms with E-state index >= 15 is 0 Å². The number of amides is 2. The number of benzene rings is 2. The summed E-state index contributed by atoms with van der Waals surface area (Å²) in [6.07, 6.45) is 1.40. The zero-order chi connectivity index (χ0) is 25.2. The zero-order valence-corrected chi connectivity index (χ0v) is 20.5. The Morgan fingerprint density at radius 3 is 2.06 bits per heavy atom. The summed E-state index contributed by atoms with van der Waals surface area (Å²) >= 11 is 0. The van der Waals surface area contributed by atoms with Crippen LogP contribution < -0.4 is 10.6 Å². The molecule has 35 heavy (non-hydrogen) atoms. The Labute approximate surface area is 206 Å². The van der Waals surface area contributed by atoms with Crippen molar-refractivity contribution in [2.75, 3.05) is 6.61 Å². The standard InChI is InChI=1S/C28H34N2O5/c1-28(2,3)15-18(14-24(31)32)29-26(33)25(17-12-13-17)30-27(34)35-16-23-21-10-6-4-8-19(21)20-9-5-7-11-22(20)23/h4-11,17-18,23,25H,12-16H2,1-3H3,(H,29,33)(H,30,34)(H,31,32). The molecule has 2 atom stereocenters. The fourth-order valence-corrected chi connectivity index (χ4v) is 5.01. The number of fused-ring (bicyclic) bond motifs is 3. The highest BCUT2D eigenvalue weighted by Crippen LogP contribution is 2.44. The highest BCUT2D eigenvalue weighted by atomic mass is 16.5. The first-order valence-corrected chi connectivity index (χ1v) is 12.3. The van der Waals surface area contributed by atoms with Crippen LogP contribution in [0.2, 0.25) is 0 Å². The van der Waals surface area contributed by atoms with E-state index in [2.05, 4.69) is 34.9 Å². The van der Waals surface area contributed by atoms with Crippen LogP contribution in [0.4, 0.5) is 4.79 Å². The Morgan fingerprint density at radius 1 is 0.971 bits per heavy atom. The summed E-state index contributed by atoms with van der Waals surface area (Å²) in [7, 11) is 0. The Balaban J connectivity index is 1.39. The molecule has 0 aromatic heterocycles. The topological polar surface area (TPSA) is 105 Å². The van der Waals surface area contributed by atoms with E-state index in [1.807, 2.05) is 45.0 Å². The Morgan fingerprint density at radius 2 is 1.54 bits per heavy atom. The lowest BCUT2D eigenvalue weighted by Gasteiger charge is -2.28. The van der Waals surface area contributed by atoms with Crippen LogP contribution in [-0.2, 0) is 14.3 Å². The van der Waals surface area contributed by atoms with E-state index in [9.17, 15) is 19.5 Å². The molecular formula is C28H34N2O5. The molecule has 2 unspecified atom stereocenters. The van der Waals surface area contributed by atoms with Crippen LogP contribution in [0.1, 0.15) is 63.5 Å². The van der Waals surface area contributed by atoms with Crippen molar-refractivity contribution in [1.29, 1.82) is 0 Å². The van der Waals surface area contributed by atoms with E-state index in [1.165, 1.54) is 0 Å². The van der Waals surface area contributed by atoms with Gasteiger partial charge in [0, 0.05) is 12.0 Å². The number of hydrogen-bond donors (Lipinski definition) is 3. The molecule has 0 spiro atoms. The number of nitrogens with one attached hydrogen (secondary N) is 2. The lowest BCUT2D eigenvalue weighted by Crippen LogP contribution is -2.52. The lowest BCUT2D eigenvalue weighted by molar-refractivity contribution is -0.138. The Hall–Kier alpha value is -3.35. The van der Waals surface area contributed by atoms with E-state index in [0.29, 0.717) is 6.42 Å². The van der Waals surface area contributed by atoms with Crippen molar-refractivity contribution in [3.05, 3.63) is 59.7 Å². The molecule has 4 rings (SSSR count). The molecule has 0 bridgehead atoms. The SMILES string of the molecule is CC(C)(C)CC(CC(=O)O)NC(=O)C(NC(=O)OCC1c2ccccc2-c2ccccc21)C1CC1. The normalized spacial score (nSPS) is 16.5. The van der Waals surface area contributed by atoms with Gasteiger partial charge in [0.15, 0.2) is 0 Å². The molecule has 0 saturated heterocycles. The highest BCUT2D eigenvalue weighted by molar-refractivity contribution is 5.87. The van der Waals surface area contributed by atoms with Crippen LogP contribution in [0.3, 0.4) is 0 Å². The van der Waals surface area contributed by atoms with Gasteiger partial charge in [-0.1, -0.05) is 69.3 Å². The zero-order valence-electron chi connectivity index (χ0n) is 20.5. The first kappa shape index (κ1) is 24.8. The minimum absolute atomic E-state index is 0.0376. The second-order valence-electron chi connectivity index (χ2n) is 10.9. The van der Waals surface area contributed by atoms with E-state index in [1.54, 1.807) is 0 Å². The van der Waals surface area contributed by atoms with Gasteiger partial charge in [-0.25, -0.2) is 4.79 Å². The largest absolute Gasteiger partial charge is 0.481 e. The number of ether oxygens (including phenoxy) is 1. The van der Waals surface area contributed by atoms with Crippen molar-refractivity contribution in [1.82, 2.24) is 10.6 Å². The van der Waals surface area contributed by atoms with Crippen LogP contribution in [0.15, 0.2) is 48.5 Å². The van der Waals surface area contributed by atoms with Gasteiger partial charge in [-0.2, -0.15) is 0 Å². The summed E-state index contributed by atoms with van der Waals surface area (Å²) in [6, 6.07) is 15.0. The van der Waals surface area contributed by atoms with Crippen molar-refractivity contribution in [2.45, 2.75) is 64.5 Å². The van der Waals surface area contributed by atoms with E-state index < -0.39 is 24.1 Å². The molecule has 0 heterocycles. The van der Waals surface area contributed by atoms with Gasteiger partial charge in [0.1, 0.15) is 12.6 Å². The Bertz CT molecular complexity index is 1060. The number of carbonyl (C=O) groups is 3. The molecular weight excluding hydrogens is 444 g/mol. The number of carboxylic acids is 1. The van der Waals surface area contributed by atoms with Crippen LogP contribution in [0, 0.1) is 11.3 Å². The van der Waals surface area contributed by atoms with Crippen LogP contribution in [0.5, 0.6) is 0 Å². The van der Waals surface area contributed by atoms with Crippen LogP contribution in [-0.4, -0.2) is 41.8 Å². The molecule has 7 heteroatoms. The average Bonchev–Trinajstić information content (AvgIpc) is 3.57. The number of alkyl carbamates (subject to hydrolysis) is 1. The molecule has 0 radical (unpaired) electrons. The molecule has 0 aliphatic heterocycles. The smallest absolute Gasteiger partial charge is 0.407 e. The predicted molar refractivity (Wildman–Crippen MR) is 133 cm³/mol. The summed E-state index contributed by atoms with van der Waals surface area (Å²) in [4.78, 5) is 37.1. The molecule has 2 aliphatic carbocycles. The van der Waals surface area contributed by atoms with Crippen molar-refractivity contribution in [3.63, 3.8) is 0 Å². The second-order valence-corrected chi connectivity index (χ2v) is 10.9. The summed E-state index contributed by atoms with van der Waals surface area (Å²) < 4.78 is 5.62. The van der Waals surface area contributed by atoms with Crippen molar-refractivity contribution >= 4 is 18.0 Å². The molecule has 2 aromatic rings. The first-order chi connectivity index (χ1) is 16.6. The maximum atomic E-state index is 13.1. The maximum Gasteiger partial charge on any atom is 0.407 e. The van der Waals surface area contributed by atoms with Crippen LogP contribution in [0.25, 0.3) is 11.1 Å². The number of rotatable bonds is 9. The van der Waals surface area contributed by atoms with Gasteiger partial charge in [-0.15, -0.1) is 0 Å². The first-order valence-electron chi connectivity index (χ1n) is 12.3. The van der Waals surface area contributed by atoms with E-state index in [0.717, 1.165) is 35.1 Å². The number of aliphatic carboxylic acids is 1. The van der Waals surface area contributed by atoms with Crippen LogP contribution >= 0.6 is 0 Å². The summed E-state index contributed by atoms with van der Waals surface area (Å²) in [5, 5.41) is 14.9. The Kier molecular flexibility index (Phi) is 7.15. The third kappa shape index (κ3) is 6.21. The van der Waals surface area contributed by atoms with Gasteiger partial charge in [0.2, 0.25) is 5.91 Å². The quantitative estimate of drug-likeness (QED) is 0.485. The van der Waals surface area contributed by atoms with Gasteiger partial charge < -0.3 is 20.5 Å². The molecule has 1 fully saturated rings. The van der Waals surface area contributed by atoms with Gasteiger partial charge in [-0.3, -0.25) is 9.59 Å². The molecule has 3 N–H and O–H groups in total. The minimum atomic E-state index is -0.966. The predicted octanol–water partition coefficient (Wildman–Crippen LogP) is 4.70. The monoisotopic (exact) mass is 478 g/mol. The molecule has 1 saturated carbocycles. The van der Waals surface area contributed by atoms with Crippen molar-refractivity contribution < 1.29 is 24.2 Å². The minimum Gasteiger partial charge on any atom is -0.481 e. The maximum absolute atomic E-state index is 13.1. The van der Waals surface area contributed by atoms with E-state index in [4.69, 9.17) is 4.74 Å². The van der Waals surface area contributed by atoms with Gasteiger partial charge in [-0.05, 0) is 52.8 Å². The fraction of sp³-hybridized carbons (Fsp3) is 0.464. The molecule has 2 aliphatic rings. The number of carboxylic acid groups (broad SMARTS) is 1. The molecule has 186 valence electrons. The third-order valence-electron chi connectivity index (χ3n) is 6.62. The highest BCUT2D eigenvalue weighted by Gasteiger charge is 2.39.